The van der Waals surface area contributed by atoms with E-state index >= 15 is 0 Å². The van der Waals surface area contributed by atoms with Gasteiger partial charge in [0.2, 0.25) is 0 Å². The smallest absolute Gasteiger partial charge is 0.127 e. The first kappa shape index (κ1) is 11.0. The Kier molecular flexibility index (Phi) is 2.38. The third-order valence-corrected chi connectivity index (χ3v) is 4.44. The summed E-state index contributed by atoms with van der Waals surface area (Å²) in [6, 6.07) is 1.90. The molecule has 0 bridgehead atoms. The van der Waals surface area contributed by atoms with Gasteiger partial charge in [0.15, 0.2) is 0 Å². The lowest BCUT2D eigenvalue weighted by molar-refractivity contribution is 0.102. The standard InChI is InChI=1S/C13H15NO2S/c1-13(2)5-9-11(10(15)6-13)17-12(14-9)8-3-4-16-7-8/h3-4,7,10,15H,5-6H2,1-2H3. The summed E-state index contributed by atoms with van der Waals surface area (Å²) in [4.78, 5) is 5.67. The monoisotopic (exact) mass is 249 g/mol. The molecule has 0 radical (unpaired) electrons. The zero-order valence-electron chi connectivity index (χ0n) is 9.93. The Labute approximate surface area is 104 Å². The zero-order chi connectivity index (χ0) is 12.0. The third kappa shape index (κ3) is 1.91. The molecule has 1 atom stereocenters. The van der Waals surface area contributed by atoms with Gasteiger partial charge in [0.05, 0.1) is 22.9 Å². The highest BCUT2D eigenvalue weighted by atomic mass is 32.1. The molecule has 90 valence electrons. The van der Waals surface area contributed by atoms with Crippen molar-refractivity contribution in [3.05, 3.63) is 29.2 Å². The minimum atomic E-state index is -0.369. The maximum absolute atomic E-state index is 10.2. The Morgan fingerprint density at radius 1 is 1.53 bits per heavy atom. The summed E-state index contributed by atoms with van der Waals surface area (Å²) in [6.45, 7) is 4.35. The summed E-state index contributed by atoms with van der Waals surface area (Å²) in [5, 5.41) is 11.1. The van der Waals surface area contributed by atoms with E-state index in [1.165, 1.54) is 0 Å². The largest absolute Gasteiger partial charge is 0.472 e. The molecule has 0 aliphatic heterocycles. The summed E-state index contributed by atoms with van der Waals surface area (Å²) in [5.41, 5.74) is 2.18. The normalized spacial score (nSPS) is 22.4. The molecule has 0 saturated carbocycles. The minimum Gasteiger partial charge on any atom is -0.472 e. The number of nitrogens with zero attached hydrogens (tertiary/aromatic N) is 1. The second-order valence-electron chi connectivity index (χ2n) is 5.40. The maximum atomic E-state index is 10.2. The highest BCUT2D eigenvalue weighted by molar-refractivity contribution is 7.15. The fourth-order valence-corrected chi connectivity index (χ4v) is 3.45. The average Bonchev–Trinajstić information content (AvgIpc) is 2.81. The SMILES string of the molecule is CC1(C)Cc2nc(-c3ccoc3)sc2C(O)C1. The number of thiazole rings is 1. The number of rotatable bonds is 1. The molecule has 0 aromatic carbocycles. The molecule has 1 unspecified atom stereocenters. The van der Waals surface area contributed by atoms with Crippen LogP contribution in [0.1, 0.15) is 36.9 Å². The Balaban J connectivity index is 2.04. The molecule has 1 aliphatic rings. The van der Waals surface area contributed by atoms with Crippen LogP contribution in [0.3, 0.4) is 0 Å². The number of aromatic nitrogens is 1. The first-order chi connectivity index (χ1) is 8.05. The number of fused-ring (bicyclic) bond motifs is 1. The van der Waals surface area contributed by atoms with E-state index in [0.717, 1.165) is 34.0 Å². The van der Waals surface area contributed by atoms with Crippen LogP contribution in [0, 0.1) is 5.41 Å². The number of hydrogen-bond acceptors (Lipinski definition) is 4. The van der Waals surface area contributed by atoms with Crippen molar-refractivity contribution in [2.45, 2.75) is 32.8 Å². The first-order valence-corrected chi connectivity index (χ1v) is 6.57. The molecule has 2 aromatic heterocycles. The molecule has 4 heteroatoms. The van der Waals surface area contributed by atoms with Crippen molar-refractivity contribution in [2.24, 2.45) is 5.41 Å². The van der Waals surface area contributed by atoms with Crippen molar-refractivity contribution in [1.82, 2.24) is 4.98 Å². The molecule has 0 spiro atoms. The van der Waals surface area contributed by atoms with Crippen LogP contribution in [0.25, 0.3) is 10.6 Å². The fraction of sp³-hybridized carbons (Fsp3) is 0.462. The lowest BCUT2D eigenvalue weighted by atomic mass is 9.77. The Bertz CT molecular complexity index is 528. The van der Waals surface area contributed by atoms with Crippen LogP contribution in [0.5, 0.6) is 0 Å². The van der Waals surface area contributed by atoms with Gasteiger partial charge in [0, 0.05) is 5.56 Å². The van der Waals surface area contributed by atoms with E-state index in [4.69, 9.17) is 4.42 Å². The maximum Gasteiger partial charge on any atom is 0.127 e. The molecular formula is C13H15NO2S. The third-order valence-electron chi connectivity index (χ3n) is 3.19. The van der Waals surface area contributed by atoms with E-state index in [1.54, 1.807) is 23.9 Å². The van der Waals surface area contributed by atoms with Crippen molar-refractivity contribution >= 4 is 11.3 Å². The summed E-state index contributed by atoms with van der Waals surface area (Å²) in [6.07, 6.45) is 4.73. The Hall–Kier alpha value is -1.13. The summed E-state index contributed by atoms with van der Waals surface area (Å²) in [7, 11) is 0. The van der Waals surface area contributed by atoms with Crippen LogP contribution in [-0.4, -0.2) is 10.1 Å². The van der Waals surface area contributed by atoms with Gasteiger partial charge in [-0.2, -0.15) is 0 Å². The Morgan fingerprint density at radius 2 is 2.35 bits per heavy atom. The molecule has 0 amide bonds. The second-order valence-corrected chi connectivity index (χ2v) is 6.43. The highest BCUT2D eigenvalue weighted by Gasteiger charge is 2.34. The van der Waals surface area contributed by atoms with Gasteiger partial charge in [-0.1, -0.05) is 13.8 Å². The zero-order valence-corrected chi connectivity index (χ0v) is 10.8. The van der Waals surface area contributed by atoms with Crippen LogP contribution in [0.15, 0.2) is 23.0 Å². The predicted octanol–water partition coefficient (Wildman–Crippen LogP) is 3.41. The summed E-state index contributed by atoms with van der Waals surface area (Å²) >= 11 is 1.58. The van der Waals surface area contributed by atoms with Gasteiger partial charge >= 0.3 is 0 Å². The van der Waals surface area contributed by atoms with Gasteiger partial charge in [0.1, 0.15) is 11.3 Å². The van der Waals surface area contributed by atoms with Crippen molar-refractivity contribution in [1.29, 1.82) is 0 Å². The van der Waals surface area contributed by atoms with Gasteiger partial charge in [-0.3, -0.25) is 0 Å². The predicted molar refractivity (Wildman–Crippen MR) is 66.9 cm³/mol. The second kappa shape index (κ2) is 3.68. The van der Waals surface area contributed by atoms with Crippen LogP contribution < -0.4 is 0 Å². The van der Waals surface area contributed by atoms with Crippen molar-refractivity contribution in [3.63, 3.8) is 0 Å². The van der Waals surface area contributed by atoms with Crippen LogP contribution >= 0.6 is 11.3 Å². The van der Waals surface area contributed by atoms with Gasteiger partial charge in [-0.15, -0.1) is 11.3 Å². The van der Waals surface area contributed by atoms with Gasteiger partial charge in [-0.05, 0) is 24.3 Å². The van der Waals surface area contributed by atoms with Crippen LogP contribution in [-0.2, 0) is 6.42 Å². The topological polar surface area (TPSA) is 46.3 Å². The molecular weight excluding hydrogens is 234 g/mol. The lowest BCUT2D eigenvalue weighted by Crippen LogP contribution is -2.24. The number of aliphatic hydroxyl groups is 1. The van der Waals surface area contributed by atoms with Gasteiger partial charge < -0.3 is 9.52 Å². The lowest BCUT2D eigenvalue weighted by Gasteiger charge is -2.31. The number of furan rings is 1. The molecule has 1 aliphatic carbocycles. The molecule has 2 heterocycles. The molecule has 3 rings (SSSR count). The summed E-state index contributed by atoms with van der Waals surface area (Å²) < 4.78 is 5.07. The first-order valence-electron chi connectivity index (χ1n) is 5.75. The average molecular weight is 249 g/mol. The Morgan fingerprint density at radius 3 is 3.06 bits per heavy atom. The van der Waals surface area contributed by atoms with Crippen molar-refractivity contribution < 1.29 is 9.52 Å². The molecule has 0 fully saturated rings. The summed E-state index contributed by atoms with van der Waals surface area (Å²) in [5.74, 6) is 0. The molecule has 3 nitrogen and oxygen atoms in total. The number of hydrogen-bond donors (Lipinski definition) is 1. The van der Waals surface area contributed by atoms with Crippen molar-refractivity contribution in [2.75, 3.05) is 0 Å². The van der Waals surface area contributed by atoms with E-state index in [2.05, 4.69) is 18.8 Å². The molecule has 2 aromatic rings. The fourth-order valence-electron chi connectivity index (χ4n) is 2.40. The van der Waals surface area contributed by atoms with Gasteiger partial charge in [0.25, 0.3) is 0 Å². The number of aliphatic hydroxyl groups excluding tert-OH is 1. The molecule has 1 N–H and O–H groups in total. The quantitative estimate of drug-likeness (QED) is 0.842. The minimum absolute atomic E-state index is 0.133. The van der Waals surface area contributed by atoms with E-state index in [9.17, 15) is 5.11 Å². The highest BCUT2D eigenvalue weighted by Crippen LogP contribution is 2.44. The van der Waals surface area contributed by atoms with Crippen LogP contribution in [0.2, 0.25) is 0 Å². The van der Waals surface area contributed by atoms with E-state index in [0.29, 0.717) is 0 Å². The molecule has 17 heavy (non-hydrogen) atoms. The van der Waals surface area contributed by atoms with E-state index in [1.807, 2.05) is 6.07 Å². The molecule has 0 saturated heterocycles. The van der Waals surface area contributed by atoms with E-state index in [-0.39, 0.29) is 11.5 Å². The van der Waals surface area contributed by atoms with Gasteiger partial charge in [-0.25, -0.2) is 4.98 Å². The van der Waals surface area contributed by atoms with Crippen LogP contribution in [0.4, 0.5) is 0 Å². The van der Waals surface area contributed by atoms with Crippen molar-refractivity contribution in [3.8, 4) is 10.6 Å². The van der Waals surface area contributed by atoms with E-state index < -0.39 is 0 Å².